The number of hydrogen-bond donors (Lipinski definition) is 1. The lowest BCUT2D eigenvalue weighted by Gasteiger charge is -2.35. The molecular weight excluding hydrogens is 673 g/mol. The topological polar surface area (TPSA) is 96.7 Å². The summed E-state index contributed by atoms with van der Waals surface area (Å²) in [4.78, 5) is 60.4. The summed E-state index contributed by atoms with van der Waals surface area (Å²) in [5.74, 6) is -0.556. The van der Waals surface area contributed by atoms with Crippen molar-refractivity contribution >= 4 is 76.4 Å². The second kappa shape index (κ2) is 13.5. The predicted octanol–water partition coefficient (Wildman–Crippen LogP) is 9.89. The van der Waals surface area contributed by atoms with E-state index in [-0.39, 0.29) is 36.6 Å². The minimum Gasteiger partial charge on any atom is -0.392 e. The van der Waals surface area contributed by atoms with Gasteiger partial charge in [0, 0.05) is 22.6 Å². The maximum absolute atomic E-state index is 15.0. The second-order valence-corrected chi connectivity index (χ2v) is 15.4. The lowest BCUT2D eigenvalue weighted by molar-refractivity contribution is 0.0517. The van der Waals surface area contributed by atoms with Crippen molar-refractivity contribution in [2.24, 2.45) is 0 Å². The molecule has 1 aliphatic heterocycles. The minimum absolute atomic E-state index is 0.0780. The van der Waals surface area contributed by atoms with Crippen LogP contribution in [0.1, 0.15) is 110 Å². The van der Waals surface area contributed by atoms with Crippen LogP contribution >= 0.6 is 0 Å². The summed E-state index contributed by atoms with van der Waals surface area (Å²) in [6.45, 7) is 4.35. The fraction of sp³-hybridized carbons (Fsp3) is 0.319. The normalized spacial score (nSPS) is 13.6. The van der Waals surface area contributed by atoms with Crippen LogP contribution < -0.4 is 11.1 Å². The van der Waals surface area contributed by atoms with Crippen LogP contribution in [-0.4, -0.2) is 32.4 Å². The van der Waals surface area contributed by atoms with Crippen LogP contribution in [0.3, 0.4) is 0 Å². The van der Waals surface area contributed by atoms with E-state index < -0.39 is 5.56 Å². The number of carbonyl (C=O) groups is 2. The van der Waals surface area contributed by atoms with Gasteiger partial charge >= 0.3 is 0 Å². The Kier molecular flexibility index (Phi) is 8.57. The third-order valence-corrected chi connectivity index (χ3v) is 12.2. The maximum Gasteiger partial charge on any atom is 0.262 e. The van der Waals surface area contributed by atoms with Gasteiger partial charge in [-0.05, 0) is 84.6 Å². The molecule has 0 fully saturated rings. The Balaban J connectivity index is 1.33. The molecule has 2 amide bonds. The molecule has 0 atom stereocenters. The Morgan fingerprint density at radius 1 is 0.537 bits per heavy atom. The zero-order valence-electron chi connectivity index (χ0n) is 31.0. The molecular formula is C47H44N2O5. The fourth-order valence-corrected chi connectivity index (χ4v) is 9.52. The number of aliphatic hydroxyl groups is 1. The van der Waals surface area contributed by atoms with Crippen LogP contribution in [0, 0.1) is 0 Å². The van der Waals surface area contributed by atoms with Crippen LogP contribution in [0.15, 0.2) is 82.4 Å². The summed E-state index contributed by atoms with van der Waals surface area (Å²) in [5, 5.41) is 18.6. The number of rotatable bonds is 14. The van der Waals surface area contributed by atoms with Crippen molar-refractivity contribution in [2.45, 2.75) is 97.2 Å². The first kappa shape index (κ1) is 34.4. The molecule has 1 aromatic heterocycles. The van der Waals surface area contributed by atoms with Gasteiger partial charge in [-0.2, -0.15) is 0 Å². The van der Waals surface area contributed by atoms with Gasteiger partial charge < -0.3 is 5.11 Å². The Morgan fingerprint density at radius 2 is 1.13 bits per heavy atom. The van der Waals surface area contributed by atoms with Gasteiger partial charge in [0.25, 0.3) is 22.9 Å². The molecule has 0 radical (unpaired) electrons. The van der Waals surface area contributed by atoms with Gasteiger partial charge in [0.1, 0.15) is 0 Å². The standard InChI is InChI=1S/C47H44N2O5/c1-3-5-7-9-13-30(14-10-8-6-4-2)49-44(51)34-23-22-32-31-15-11-12-29-20-21-33-40(37(29)31)41-35(24-36(45(49)52)38(34)39(32)41)43-42(33)46(53)48(47(43)54)25-27-16-18-28(26-50)19-17-27/h11-12,15-24,30,50H,3-10,13-14,25-26H2,1-2H3. The summed E-state index contributed by atoms with van der Waals surface area (Å²) in [6, 6.07) is 22.9. The van der Waals surface area contributed by atoms with Crippen molar-refractivity contribution in [3.05, 3.63) is 116 Å². The van der Waals surface area contributed by atoms with Crippen molar-refractivity contribution in [1.29, 1.82) is 0 Å². The average molecular weight is 717 g/mol. The third-order valence-electron chi connectivity index (χ3n) is 12.2. The number of imide groups is 1. The summed E-state index contributed by atoms with van der Waals surface area (Å²) >= 11 is 0. The number of amides is 2. The van der Waals surface area contributed by atoms with Crippen molar-refractivity contribution in [3.63, 3.8) is 0 Å². The van der Waals surface area contributed by atoms with Gasteiger partial charge in [0.15, 0.2) is 0 Å². The molecule has 0 bridgehead atoms. The lowest BCUT2D eigenvalue weighted by Crippen LogP contribution is -2.47. The summed E-state index contributed by atoms with van der Waals surface area (Å²) in [5.41, 5.74) is 1.70. The fourth-order valence-electron chi connectivity index (χ4n) is 9.52. The van der Waals surface area contributed by atoms with E-state index in [0.717, 1.165) is 113 Å². The van der Waals surface area contributed by atoms with Crippen LogP contribution in [0.25, 0.3) is 64.6 Å². The highest BCUT2D eigenvalue weighted by Crippen LogP contribution is 2.50. The average Bonchev–Trinajstić information content (AvgIpc) is 3.44. The zero-order valence-corrected chi connectivity index (χ0v) is 31.0. The van der Waals surface area contributed by atoms with E-state index in [2.05, 4.69) is 26.0 Å². The van der Waals surface area contributed by atoms with E-state index in [9.17, 15) is 24.3 Å². The third kappa shape index (κ3) is 5.04. The first-order chi connectivity index (χ1) is 26.4. The molecule has 0 unspecified atom stereocenters. The second-order valence-electron chi connectivity index (χ2n) is 15.4. The monoisotopic (exact) mass is 716 g/mol. The molecule has 7 heteroatoms. The molecule has 0 spiro atoms. The predicted molar refractivity (Wildman–Crippen MR) is 219 cm³/mol. The molecule has 2 heterocycles. The smallest absolute Gasteiger partial charge is 0.262 e. The Hall–Kier alpha value is -5.40. The highest BCUT2D eigenvalue weighted by molar-refractivity contribution is 6.47. The van der Waals surface area contributed by atoms with E-state index in [1.165, 1.54) is 9.47 Å². The number of benzene rings is 7. The molecule has 7 aromatic carbocycles. The van der Waals surface area contributed by atoms with Gasteiger partial charge in [0.2, 0.25) is 0 Å². The summed E-state index contributed by atoms with van der Waals surface area (Å²) < 4.78 is 1.30. The van der Waals surface area contributed by atoms with Crippen molar-refractivity contribution in [3.8, 4) is 0 Å². The van der Waals surface area contributed by atoms with E-state index in [4.69, 9.17) is 0 Å². The highest BCUT2D eigenvalue weighted by atomic mass is 16.3. The molecule has 0 aliphatic carbocycles. The largest absolute Gasteiger partial charge is 0.392 e. The van der Waals surface area contributed by atoms with Gasteiger partial charge in [-0.3, -0.25) is 28.6 Å². The Morgan fingerprint density at radius 3 is 1.81 bits per heavy atom. The number of aliphatic hydroxyl groups excluding tert-OH is 1. The molecule has 0 saturated carbocycles. The van der Waals surface area contributed by atoms with Gasteiger partial charge in [-0.25, -0.2) is 0 Å². The van der Waals surface area contributed by atoms with Crippen LogP contribution in [-0.2, 0) is 13.2 Å². The molecule has 1 N–H and O–H groups in total. The van der Waals surface area contributed by atoms with E-state index in [1.54, 1.807) is 12.1 Å². The van der Waals surface area contributed by atoms with Crippen LogP contribution in [0.2, 0.25) is 0 Å². The zero-order chi connectivity index (χ0) is 37.2. The SMILES string of the molecule is CCCCCCC(CCCCCC)N1C(=O)c2ccc3c4cccc5ccc6c7c(=O)n(Cc8ccc(CO)cc8)c(=O)c7c7cc(c2c3c7c6c54)C1=O. The summed E-state index contributed by atoms with van der Waals surface area (Å²) in [6.07, 6.45) is 9.99. The summed E-state index contributed by atoms with van der Waals surface area (Å²) in [7, 11) is 0. The van der Waals surface area contributed by atoms with Gasteiger partial charge in [-0.1, -0.05) is 126 Å². The Bertz CT molecular complexity index is 2840. The van der Waals surface area contributed by atoms with Gasteiger partial charge in [0.05, 0.1) is 23.9 Å². The molecule has 272 valence electrons. The number of hydrogen-bond acceptors (Lipinski definition) is 5. The highest BCUT2D eigenvalue weighted by Gasteiger charge is 2.39. The number of aromatic nitrogens is 1. The van der Waals surface area contributed by atoms with Crippen molar-refractivity contribution in [1.82, 2.24) is 9.47 Å². The van der Waals surface area contributed by atoms with Crippen LogP contribution in [0.5, 0.6) is 0 Å². The number of unbranched alkanes of at least 4 members (excludes halogenated alkanes) is 6. The quantitative estimate of drug-likeness (QED) is 0.0523. The number of carbonyl (C=O) groups excluding carboxylic acids is 2. The van der Waals surface area contributed by atoms with Gasteiger partial charge in [-0.15, -0.1) is 0 Å². The molecule has 0 saturated heterocycles. The lowest BCUT2D eigenvalue weighted by atomic mass is 9.80. The Labute approximate surface area is 312 Å². The molecule has 8 aromatic rings. The molecule has 9 rings (SSSR count). The van der Waals surface area contributed by atoms with Crippen molar-refractivity contribution in [2.75, 3.05) is 0 Å². The van der Waals surface area contributed by atoms with E-state index in [1.807, 2.05) is 48.5 Å². The number of nitrogens with zero attached hydrogens (tertiary/aromatic N) is 2. The minimum atomic E-state index is -0.396. The molecule has 54 heavy (non-hydrogen) atoms. The number of fused-ring (bicyclic) bond motifs is 4. The molecule has 1 aliphatic rings. The first-order valence-corrected chi connectivity index (χ1v) is 19.8. The first-order valence-electron chi connectivity index (χ1n) is 19.8. The van der Waals surface area contributed by atoms with E-state index in [0.29, 0.717) is 38.1 Å². The maximum atomic E-state index is 15.0. The van der Waals surface area contributed by atoms with E-state index >= 15 is 0 Å². The molecule has 7 nitrogen and oxygen atoms in total. The van der Waals surface area contributed by atoms with Crippen LogP contribution in [0.4, 0.5) is 0 Å². The van der Waals surface area contributed by atoms with Crippen molar-refractivity contribution < 1.29 is 14.7 Å².